The zero-order valence-electron chi connectivity index (χ0n) is 58.9. The fourth-order valence-corrected chi connectivity index (χ4v) is 81.3. The van der Waals surface area contributed by atoms with Crippen LogP contribution in [0.1, 0.15) is 74.7 Å². The van der Waals surface area contributed by atoms with Gasteiger partial charge in [0.15, 0.2) is 33.3 Å². The summed E-state index contributed by atoms with van der Waals surface area (Å²) in [6.07, 6.45) is 2.08. The molecule has 8 aromatic rings. The molecule has 6 unspecified atom stereocenters. The lowest BCUT2D eigenvalue weighted by atomic mass is 9.92. The third-order valence-corrected chi connectivity index (χ3v) is 79.5. The van der Waals surface area contributed by atoms with Crippen molar-refractivity contribution < 1.29 is 57.6 Å². The van der Waals surface area contributed by atoms with Crippen LogP contribution in [-0.2, 0) is 57.6 Å². The Bertz CT molecular complexity index is 3960. The van der Waals surface area contributed by atoms with E-state index in [4.69, 9.17) is 57.6 Å². The normalized spacial score (nSPS) is 35.0. The lowest BCUT2D eigenvalue weighted by Gasteiger charge is -2.60. The van der Waals surface area contributed by atoms with E-state index < -0.39 is 124 Å². The Labute approximate surface area is 588 Å². The van der Waals surface area contributed by atoms with Crippen LogP contribution < -0.4 is 41.5 Å². The molecule has 7 aliphatic heterocycles. The van der Waals surface area contributed by atoms with Crippen LogP contribution in [0, 0.1) is 0 Å². The summed E-state index contributed by atoms with van der Waals surface area (Å²) in [6.45, 7) is 37.3. The van der Waals surface area contributed by atoms with E-state index in [0.29, 0.717) is 54.3 Å². The van der Waals surface area contributed by atoms with Gasteiger partial charge in [-0.25, -0.2) is 0 Å². The minimum absolute atomic E-state index is 0.524. The highest BCUT2D eigenvalue weighted by Crippen LogP contribution is 2.66. The van der Waals surface area contributed by atoms with Crippen molar-refractivity contribution in [1.82, 2.24) is 0 Å². The average Bonchev–Trinajstić information content (AvgIpc) is 1.54. The van der Waals surface area contributed by atoms with Gasteiger partial charge in [-0.1, -0.05) is 311 Å². The second-order valence-electron chi connectivity index (χ2n) is 30.1. The standard InChI is InChI=1S/C71H94O14Si12/c1-17-70(7)59-68(3,4)86(9,10)72-90(60-43-27-19-28-44-60)76-94(64-51-35-23-36-52-64)78-91(61-45-29-20-30-46-61)73-87(11,12)69(5,6)71(8,18-2)89(15,16)75-93(63-49-33-22-34-50-63)82-96(84-94,66-55-39-25-40-56-66)80-92(74-88(70,13)14,62-47-31-21-32-48-62)81-97(83-93,67-57-41-26-42-58-67)85-95(77-90,79-91)65-53-37-24-38-54-65/h19-58H,17-18,59H2,1-16H3. The van der Waals surface area contributed by atoms with Crippen LogP contribution in [0.2, 0.25) is 72.5 Å². The Morgan fingerprint density at radius 3 is 0.629 bits per heavy atom. The molecule has 0 aliphatic carbocycles. The van der Waals surface area contributed by atoms with Gasteiger partial charge < -0.3 is 57.6 Å². The molecule has 0 radical (unpaired) electrons. The molecule has 7 fully saturated rings. The summed E-state index contributed by atoms with van der Waals surface area (Å²) in [5.74, 6) is 0. The second kappa shape index (κ2) is 25.3. The molecule has 0 amide bonds. The van der Waals surface area contributed by atoms with Crippen molar-refractivity contribution >= 4 is 145 Å². The van der Waals surface area contributed by atoms with Crippen LogP contribution in [0.25, 0.3) is 0 Å². The molecule has 7 aliphatic rings. The fourth-order valence-electron chi connectivity index (χ4n) is 14.9. The number of rotatable bonds is 10. The third-order valence-electron chi connectivity index (χ3n) is 22.9. The topological polar surface area (TPSA) is 129 Å². The van der Waals surface area contributed by atoms with Gasteiger partial charge in [0, 0.05) is 41.5 Å². The van der Waals surface area contributed by atoms with Crippen LogP contribution in [0.15, 0.2) is 243 Å². The van der Waals surface area contributed by atoms with Crippen molar-refractivity contribution in [2.45, 2.75) is 147 Å². The number of hydrogen-bond donors (Lipinski definition) is 0. The SMILES string of the molecule is CCC1(C)CC(C)(C)[Si](C)(C)O[Si]2(c3ccccc3)O[Si]3(c4ccccc4)O[Si]4(c5ccccc5)O[Si](c5ccccc5)(O[Si]5(c6ccccc6)O[Si](c6ccccc6)(O2)O[Si](c2ccccc2)(O3)O[Si](C)(C)C(C)(C)C(C)(CC)[Si](C)(C)O[Si](c2ccccc2)(O4)O5)O[Si]1(C)C. The van der Waals surface area contributed by atoms with Crippen molar-refractivity contribution in [3.8, 4) is 0 Å². The smallest absolute Gasteiger partial charge is 0.413 e. The first-order valence-corrected chi connectivity index (χ1v) is 59.5. The fraction of sp³-hybridized carbons (Fsp3) is 0.324. The molecule has 0 aromatic heterocycles. The first-order chi connectivity index (χ1) is 45.8. The average molecular weight is 1510 g/mol. The maximum Gasteiger partial charge on any atom is 0.515 e. The highest BCUT2D eigenvalue weighted by Gasteiger charge is 2.83. The molecule has 0 N–H and O–H groups in total. The lowest BCUT2D eigenvalue weighted by molar-refractivity contribution is 0.0464. The molecule has 510 valence electrons. The summed E-state index contributed by atoms with van der Waals surface area (Å²) in [5.41, 5.74) is 0. The summed E-state index contributed by atoms with van der Waals surface area (Å²) in [5, 5.41) is 2.21. The van der Waals surface area contributed by atoms with E-state index >= 15 is 0 Å². The molecule has 8 bridgehead atoms. The van der Waals surface area contributed by atoms with Crippen molar-refractivity contribution in [1.29, 1.82) is 0 Å². The van der Waals surface area contributed by atoms with Gasteiger partial charge in [0.05, 0.1) is 0 Å². The molecule has 8 aromatic carbocycles. The highest BCUT2D eigenvalue weighted by molar-refractivity contribution is 7.12. The van der Waals surface area contributed by atoms with Crippen LogP contribution in [0.3, 0.4) is 0 Å². The lowest BCUT2D eigenvalue weighted by Crippen LogP contribution is -2.91. The van der Waals surface area contributed by atoms with Gasteiger partial charge in [-0.15, -0.1) is 0 Å². The minimum Gasteiger partial charge on any atom is -0.413 e. The van der Waals surface area contributed by atoms with Crippen LogP contribution in [-0.4, -0.2) is 104 Å². The molecule has 97 heavy (non-hydrogen) atoms. The Morgan fingerprint density at radius 2 is 0.423 bits per heavy atom. The van der Waals surface area contributed by atoms with Crippen LogP contribution in [0.5, 0.6) is 0 Å². The maximum atomic E-state index is 9.12. The molecule has 15 rings (SSSR count). The molecular weight excluding hydrogens is 1410 g/mol. The molecule has 0 spiro atoms. The number of benzene rings is 8. The predicted molar refractivity (Wildman–Crippen MR) is 410 cm³/mol. The van der Waals surface area contributed by atoms with Gasteiger partial charge in [0.25, 0.3) is 0 Å². The second-order valence-corrected chi connectivity index (χ2v) is 72.1. The summed E-state index contributed by atoms with van der Waals surface area (Å²) < 4.78 is 126. The van der Waals surface area contributed by atoms with Crippen molar-refractivity contribution in [3.05, 3.63) is 243 Å². The van der Waals surface area contributed by atoms with Crippen LogP contribution >= 0.6 is 0 Å². The Kier molecular flexibility index (Phi) is 18.6. The van der Waals surface area contributed by atoms with E-state index in [2.05, 4.69) is 156 Å². The van der Waals surface area contributed by atoms with Gasteiger partial charge in [-0.3, -0.25) is 0 Å². The number of hydrogen-bond acceptors (Lipinski definition) is 14. The predicted octanol–water partition coefficient (Wildman–Crippen LogP) is 12.2. The van der Waals surface area contributed by atoms with Gasteiger partial charge in [0.1, 0.15) is 0 Å². The first-order valence-electron chi connectivity index (χ1n) is 34.1. The van der Waals surface area contributed by atoms with Gasteiger partial charge in [-0.05, 0) is 78.9 Å². The van der Waals surface area contributed by atoms with Crippen molar-refractivity contribution in [3.63, 3.8) is 0 Å². The van der Waals surface area contributed by atoms with E-state index in [1.54, 1.807) is 0 Å². The summed E-state index contributed by atoms with van der Waals surface area (Å²) in [6, 6.07) is 80.7. The minimum atomic E-state index is -5.38. The summed E-state index contributed by atoms with van der Waals surface area (Å²) in [4.78, 5) is 0. The van der Waals surface area contributed by atoms with E-state index in [0.717, 1.165) is 6.42 Å². The van der Waals surface area contributed by atoms with E-state index in [-0.39, 0.29) is 0 Å². The van der Waals surface area contributed by atoms with Crippen molar-refractivity contribution in [2.24, 2.45) is 0 Å². The molecule has 26 heteroatoms. The third kappa shape index (κ3) is 12.0. The van der Waals surface area contributed by atoms with Gasteiger partial charge in [-0.2, -0.15) is 0 Å². The van der Waals surface area contributed by atoms with E-state index in [1.807, 2.05) is 194 Å². The first kappa shape index (κ1) is 71.2. The summed E-state index contributed by atoms with van der Waals surface area (Å²) >= 11 is 0. The Morgan fingerprint density at radius 1 is 0.237 bits per heavy atom. The highest BCUT2D eigenvalue weighted by atomic mass is 28.6. The van der Waals surface area contributed by atoms with Gasteiger partial charge >= 0.3 is 70.4 Å². The molecule has 6 atom stereocenters. The zero-order chi connectivity index (χ0) is 68.9. The largest absolute Gasteiger partial charge is 0.515 e. The molecule has 0 saturated carbocycles. The molecule has 7 saturated heterocycles. The van der Waals surface area contributed by atoms with Gasteiger partial charge in [0.2, 0.25) is 0 Å². The maximum absolute atomic E-state index is 9.12. The summed E-state index contributed by atoms with van der Waals surface area (Å²) in [7, 11) is -55.7. The molecule has 14 nitrogen and oxygen atoms in total. The van der Waals surface area contributed by atoms with Crippen LogP contribution in [0.4, 0.5) is 0 Å². The monoisotopic (exact) mass is 1510 g/mol. The Balaban J connectivity index is 1.38. The van der Waals surface area contributed by atoms with Crippen molar-refractivity contribution in [2.75, 3.05) is 0 Å². The number of fused-ring (bicyclic) bond motifs is 11. The quantitative estimate of drug-likeness (QED) is 0.120. The zero-order valence-corrected chi connectivity index (χ0v) is 70.9. The molecular formula is C71H94O14Si12. The molecule has 7 heterocycles. The Hall–Kier alpha value is -4.20. The van der Waals surface area contributed by atoms with E-state index in [1.165, 1.54) is 0 Å². The van der Waals surface area contributed by atoms with E-state index in [9.17, 15) is 0 Å².